The van der Waals surface area contributed by atoms with E-state index in [-0.39, 0.29) is 6.04 Å². The summed E-state index contributed by atoms with van der Waals surface area (Å²) in [7, 11) is 0. The Morgan fingerprint density at radius 1 is 1.58 bits per heavy atom. The van der Waals surface area contributed by atoms with Gasteiger partial charge in [0.2, 0.25) is 0 Å². The summed E-state index contributed by atoms with van der Waals surface area (Å²) in [5.41, 5.74) is 6.91. The van der Waals surface area contributed by atoms with Crippen LogP contribution in [0, 0.1) is 11.8 Å². The summed E-state index contributed by atoms with van der Waals surface area (Å²) in [6.07, 6.45) is 6.36. The van der Waals surface area contributed by atoms with Crippen LogP contribution in [0.4, 0.5) is 0 Å². The van der Waals surface area contributed by atoms with Crippen LogP contribution in [0.15, 0.2) is 18.6 Å². The fourth-order valence-corrected chi connectivity index (χ4v) is 1.55. The molecule has 1 aromatic heterocycles. The number of rotatable bonds is 2. The minimum absolute atomic E-state index is 0.0914. The molecule has 0 aliphatic heterocycles. The third-order valence-electron chi connectivity index (χ3n) is 2.56. The van der Waals surface area contributed by atoms with E-state index in [4.69, 9.17) is 5.73 Å². The Labute approximate surface area is 72.0 Å². The Hall–Kier alpha value is -0.960. The highest BCUT2D eigenvalue weighted by atomic mass is 14.8. The highest BCUT2D eigenvalue weighted by molar-refractivity contribution is 5.07. The molecule has 1 aromatic rings. The molecule has 1 saturated carbocycles. The van der Waals surface area contributed by atoms with E-state index in [0.29, 0.717) is 5.92 Å². The lowest BCUT2D eigenvalue weighted by molar-refractivity contribution is 0.576. The van der Waals surface area contributed by atoms with Gasteiger partial charge in [-0.15, -0.1) is 0 Å². The number of hydrogen-bond acceptors (Lipinski definition) is 3. The SMILES string of the molecule is CC1CC1C(N)c1cnccn1. The molecule has 0 amide bonds. The van der Waals surface area contributed by atoms with Crippen molar-refractivity contribution >= 4 is 0 Å². The minimum Gasteiger partial charge on any atom is -0.322 e. The van der Waals surface area contributed by atoms with Crippen LogP contribution >= 0.6 is 0 Å². The first-order chi connectivity index (χ1) is 5.79. The second-order valence-electron chi connectivity index (χ2n) is 3.53. The maximum atomic E-state index is 5.99. The van der Waals surface area contributed by atoms with Gasteiger partial charge in [0.05, 0.1) is 11.7 Å². The Bertz CT molecular complexity index is 260. The first-order valence-electron chi connectivity index (χ1n) is 4.30. The standard InChI is InChI=1S/C9H13N3/c1-6-4-7(6)9(10)8-5-11-2-3-12-8/h2-3,5-7,9H,4,10H2,1H3. The zero-order valence-electron chi connectivity index (χ0n) is 7.14. The quantitative estimate of drug-likeness (QED) is 0.711. The van der Waals surface area contributed by atoms with Gasteiger partial charge in [-0.2, -0.15) is 0 Å². The van der Waals surface area contributed by atoms with Gasteiger partial charge in [-0.3, -0.25) is 9.97 Å². The predicted octanol–water partition coefficient (Wildman–Crippen LogP) is 1.13. The zero-order valence-corrected chi connectivity index (χ0v) is 7.14. The lowest BCUT2D eigenvalue weighted by Gasteiger charge is -2.08. The van der Waals surface area contributed by atoms with Crippen LogP contribution in [0.3, 0.4) is 0 Å². The fourth-order valence-electron chi connectivity index (χ4n) is 1.55. The van der Waals surface area contributed by atoms with Gasteiger partial charge in [-0.25, -0.2) is 0 Å². The van der Waals surface area contributed by atoms with Crippen LogP contribution < -0.4 is 5.73 Å². The molecule has 0 aromatic carbocycles. The highest BCUT2D eigenvalue weighted by Gasteiger charge is 2.38. The molecule has 1 heterocycles. The molecule has 1 fully saturated rings. The summed E-state index contributed by atoms with van der Waals surface area (Å²) in [6, 6.07) is 0.0914. The van der Waals surface area contributed by atoms with Crippen molar-refractivity contribution < 1.29 is 0 Å². The van der Waals surface area contributed by atoms with Gasteiger partial charge in [-0.1, -0.05) is 6.92 Å². The van der Waals surface area contributed by atoms with Gasteiger partial charge in [0.1, 0.15) is 0 Å². The molecule has 0 spiro atoms. The van der Waals surface area contributed by atoms with E-state index in [1.54, 1.807) is 18.6 Å². The van der Waals surface area contributed by atoms with Crippen molar-refractivity contribution in [3.05, 3.63) is 24.3 Å². The molecule has 1 aliphatic rings. The van der Waals surface area contributed by atoms with E-state index < -0.39 is 0 Å². The molecule has 1 aliphatic carbocycles. The Kier molecular flexibility index (Phi) is 1.81. The molecule has 3 unspecified atom stereocenters. The average Bonchev–Trinajstić information content (AvgIpc) is 2.83. The second-order valence-corrected chi connectivity index (χ2v) is 3.53. The summed E-state index contributed by atoms with van der Waals surface area (Å²) in [6.45, 7) is 2.22. The minimum atomic E-state index is 0.0914. The average molecular weight is 163 g/mol. The Balaban J connectivity index is 2.10. The van der Waals surface area contributed by atoms with Crippen molar-refractivity contribution in [1.82, 2.24) is 9.97 Å². The van der Waals surface area contributed by atoms with Crippen LogP contribution in [0.5, 0.6) is 0 Å². The van der Waals surface area contributed by atoms with E-state index in [9.17, 15) is 0 Å². The third-order valence-corrected chi connectivity index (χ3v) is 2.56. The monoisotopic (exact) mass is 163 g/mol. The molecular weight excluding hydrogens is 150 g/mol. The summed E-state index contributed by atoms with van der Waals surface area (Å²) in [5.74, 6) is 1.39. The first-order valence-corrected chi connectivity index (χ1v) is 4.30. The van der Waals surface area contributed by atoms with Crippen LogP contribution in [0.2, 0.25) is 0 Å². The molecule has 0 radical (unpaired) electrons. The fraction of sp³-hybridized carbons (Fsp3) is 0.556. The Morgan fingerprint density at radius 2 is 2.33 bits per heavy atom. The van der Waals surface area contributed by atoms with Gasteiger partial charge >= 0.3 is 0 Å². The molecule has 0 bridgehead atoms. The van der Waals surface area contributed by atoms with E-state index in [1.807, 2.05) is 0 Å². The second kappa shape index (κ2) is 2.83. The van der Waals surface area contributed by atoms with Crippen molar-refractivity contribution in [2.24, 2.45) is 17.6 Å². The topological polar surface area (TPSA) is 51.8 Å². The molecule has 2 rings (SSSR count). The molecular formula is C9H13N3. The number of nitrogens with two attached hydrogens (primary N) is 1. The molecule has 64 valence electrons. The van der Waals surface area contributed by atoms with Crippen molar-refractivity contribution in [1.29, 1.82) is 0 Å². The van der Waals surface area contributed by atoms with Gasteiger partial charge in [0, 0.05) is 18.6 Å². The lowest BCUT2D eigenvalue weighted by atomic mass is 10.1. The number of nitrogens with zero attached hydrogens (tertiary/aromatic N) is 2. The molecule has 3 nitrogen and oxygen atoms in total. The van der Waals surface area contributed by atoms with Crippen molar-refractivity contribution in [2.75, 3.05) is 0 Å². The third kappa shape index (κ3) is 1.32. The maximum absolute atomic E-state index is 5.99. The number of aromatic nitrogens is 2. The lowest BCUT2D eigenvalue weighted by Crippen LogP contribution is -2.15. The largest absolute Gasteiger partial charge is 0.322 e. The van der Waals surface area contributed by atoms with E-state index >= 15 is 0 Å². The van der Waals surface area contributed by atoms with Gasteiger partial charge in [0.15, 0.2) is 0 Å². The summed E-state index contributed by atoms with van der Waals surface area (Å²) in [4.78, 5) is 8.19. The molecule has 3 atom stereocenters. The molecule has 12 heavy (non-hydrogen) atoms. The Morgan fingerprint density at radius 3 is 2.83 bits per heavy atom. The van der Waals surface area contributed by atoms with E-state index in [2.05, 4.69) is 16.9 Å². The van der Waals surface area contributed by atoms with Gasteiger partial charge in [-0.05, 0) is 18.3 Å². The zero-order chi connectivity index (χ0) is 8.55. The van der Waals surface area contributed by atoms with Crippen LogP contribution in [0.25, 0.3) is 0 Å². The van der Waals surface area contributed by atoms with E-state index in [1.165, 1.54) is 6.42 Å². The first kappa shape index (κ1) is 7.68. The van der Waals surface area contributed by atoms with E-state index in [0.717, 1.165) is 11.6 Å². The smallest absolute Gasteiger partial charge is 0.0756 e. The van der Waals surface area contributed by atoms with Gasteiger partial charge in [0.25, 0.3) is 0 Å². The predicted molar refractivity (Wildman–Crippen MR) is 46.2 cm³/mol. The maximum Gasteiger partial charge on any atom is 0.0756 e. The van der Waals surface area contributed by atoms with Gasteiger partial charge < -0.3 is 5.73 Å². The molecule has 0 saturated heterocycles. The summed E-state index contributed by atoms with van der Waals surface area (Å²) < 4.78 is 0. The van der Waals surface area contributed by atoms with Crippen LogP contribution in [-0.2, 0) is 0 Å². The van der Waals surface area contributed by atoms with Crippen LogP contribution in [-0.4, -0.2) is 9.97 Å². The number of hydrogen-bond donors (Lipinski definition) is 1. The highest BCUT2D eigenvalue weighted by Crippen LogP contribution is 2.45. The van der Waals surface area contributed by atoms with Crippen molar-refractivity contribution in [3.63, 3.8) is 0 Å². The van der Waals surface area contributed by atoms with Crippen molar-refractivity contribution in [3.8, 4) is 0 Å². The summed E-state index contributed by atoms with van der Waals surface area (Å²) in [5, 5.41) is 0. The normalized spacial score (nSPS) is 29.8. The molecule has 2 N–H and O–H groups in total. The molecule has 3 heteroatoms. The summed E-state index contributed by atoms with van der Waals surface area (Å²) >= 11 is 0. The van der Waals surface area contributed by atoms with Crippen LogP contribution in [0.1, 0.15) is 25.1 Å². The van der Waals surface area contributed by atoms with Crippen molar-refractivity contribution in [2.45, 2.75) is 19.4 Å².